The molecular weight excluding hydrogens is 296 g/mol. The fourth-order valence-corrected chi connectivity index (χ4v) is 1.88. The Bertz CT molecular complexity index is 520. The smallest absolute Gasteiger partial charge is 0.243 e. The Morgan fingerprint density at radius 3 is 2.38 bits per heavy atom. The van der Waals surface area contributed by atoms with E-state index in [1.54, 1.807) is 12.1 Å². The summed E-state index contributed by atoms with van der Waals surface area (Å²) in [6, 6.07) is 3.11. The van der Waals surface area contributed by atoms with Crippen molar-refractivity contribution >= 4 is 29.1 Å². The Balaban J connectivity index is 2.73. The van der Waals surface area contributed by atoms with Gasteiger partial charge in [-0.2, -0.15) is 0 Å². The van der Waals surface area contributed by atoms with Crippen LogP contribution in [0, 0.1) is 0 Å². The maximum Gasteiger partial charge on any atom is 0.243 e. The summed E-state index contributed by atoms with van der Waals surface area (Å²) >= 11 is 5.98. The minimum Gasteiger partial charge on any atom is -0.495 e. The van der Waals surface area contributed by atoms with Crippen molar-refractivity contribution in [3.05, 3.63) is 17.2 Å². The van der Waals surface area contributed by atoms with Gasteiger partial charge in [-0.05, 0) is 6.42 Å². The summed E-state index contributed by atoms with van der Waals surface area (Å²) in [5, 5.41) is 5.55. The van der Waals surface area contributed by atoms with E-state index in [9.17, 15) is 9.59 Å². The van der Waals surface area contributed by atoms with Crippen LogP contribution in [0.5, 0.6) is 11.5 Å². The highest BCUT2D eigenvalue weighted by Crippen LogP contribution is 2.35. The van der Waals surface area contributed by atoms with E-state index < -0.39 is 0 Å². The lowest BCUT2D eigenvalue weighted by Crippen LogP contribution is -2.32. The van der Waals surface area contributed by atoms with Crippen molar-refractivity contribution in [2.24, 2.45) is 0 Å². The molecule has 0 aromatic heterocycles. The van der Waals surface area contributed by atoms with Crippen molar-refractivity contribution in [2.75, 3.05) is 26.1 Å². The zero-order valence-corrected chi connectivity index (χ0v) is 13.0. The van der Waals surface area contributed by atoms with E-state index in [4.69, 9.17) is 21.1 Å². The molecule has 0 aliphatic rings. The standard InChI is InChI=1S/C14H19ClN2O4/c1-4-5-13(18)16-8-14(19)17-10-7-11(20-2)9(15)6-12(10)21-3/h6-7H,4-5,8H2,1-3H3,(H,16,18)(H,17,19). The van der Waals surface area contributed by atoms with Gasteiger partial charge in [-0.3, -0.25) is 9.59 Å². The van der Waals surface area contributed by atoms with Gasteiger partial charge in [0.2, 0.25) is 11.8 Å². The molecule has 2 amide bonds. The molecule has 0 spiro atoms. The van der Waals surface area contributed by atoms with E-state index in [0.29, 0.717) is 28.6 Å². The molecule has 0 heterocycles. The maximum absolute atomic E-state index is 11.8. The molecule has 1 rings (SSSR count). The lowest BCUT2D eigenvalue weighted by molar-refractivity contribution is -0.124. The molecule has 0 saturated carbocycles. The summed E-state index contributed by atoms with van der Waals surface area (Å²) in [4.78, 5) is 23.1. The Labute approximate surface area is 128 Å². The summed E-state index contributed by atoms with van der Waals surface area (Å²) in [7, 11) is 2.95. The zero-order valence-electron chi connectivity index (χ0n) is 12.3. The number of halogens is 1. The van der Waals surface area contributed by atoms with Gasteiger partial charge in [0.05, 0.1) is 31.5 Å². The molecule has 0 fully saturated rings. The third kappa shape index (κ3) is 5.15. The number of carbonyl (C=O) groups is 2. The molecule has 0 bridgehead atoms. The van der Waals surface area contributed by atoms with Gasteiger partial charge in [0.1, 0.15) is 11.5 Å². The molecule has 1 aromatic rings. The quantitative estimate of drug-likeness (QED) is 0.809. The molecule has 0 atom stereocenters. The second kappa shape index (κ2) is 8.36. The van der Waals surface area contributed by atoms with E-state index >= 15 is 0 Å². The van der Waals surface area contributed by atoms with Crippen LogP contribution in [0.4, 0.5) is 5.69 Å². The van der Waals surface area contributed by atoms with Gasteiger partial charge in [0.15, 0.2) is 0 Å². The SMILES string of the molecule is CCCC(=O)NCC(=O)Nc1cc(OC)c(Cl)cc1OC. The van der Waals surface area contributed by atoms with Crippen LogP contribution in [0.15, 0.2) is 12.1 Å². The first-order chi connectivity index (χ1) is 10.0. The number of carbonyl (C=O) groups excluding carboxylic acids is 2. The molecule has 0 radical (unpaired) electrons. The van der Waals surface area contributed by atoms with Gasteiger partial charge in [-0.1, -0.05) is 18.5 Å². The minimum atomic E-state index is -0.359. The van der Waals surface area contributed by atoms with E-state index in [0.717, 1.165) is 6.42 Å². The maximum atomic E-state index is 11.8. The summed E-state index contributed by atoms with van der Waals surface area (Å²) in [6.45, 7) is 1.79. The highest BCUT2D eigenvalue weighted by atomic mass is 35.5. The number of hydrogen-bond donors (Lipinski definition) is 2. The van der Waals surface area contributed by atoms with E-state index in [2.05, 4.69) is 10.6 Å². The van der Waals surface area contributed by atoms with Crippen LogP contribution in [0.3, 0.4) is 0 Å². The highest BCUT2D eigenvalue weighted by molar-refractivity contribution is 6.32. The number of rotatable bonds is 7. The van der Waals surface area contributed by atoms with Crippen LogP contribution in [-0.2, 0) is 9.59 Å². The first-order valence-corrected chi connectivity index (χ1v) is 6.87. The van der Waals surface area contributed by atoms with Crippen LogP contribution in [0.25, 0.3) is 0 Å². The first kappa shape index (κ1) is 17.1. The zero-order chi connectivity index (χ0) is 15.8. The molecule has 6 nitrogen and oxygen atoms in total. The average molecular weight is 315 g/mol. The number of benzene rings is 1. The Hall–Kier alpha value is -1.95. The molecule has 21 heavy (non-hydrogen) atoms. The van der Waals surface area contributed by atoms with Crippen molar-refractivity contribution in [2.45, 2.75) is 19.8 Å². The van der Waals surface area contributed by atoms with Gasteiger partial charge in [0.25, 0.3) is 0 Å². The molecule has 116 valence electrons. The third-order valence-electron chi connectivity index (χ3n) is 2.67. The molecule has 0 aliphatic heterocycles. The fourth-order valence-electron chi connectivity index (χ4n) is 1.65. The van der Waals surface area contributed by atoms with Crippen LogP contribution in [0.1, 0.15) is 19.8 Å². The van der Waals surface area contributed by atoms with Crippen molar-refractivity contribution in [3.8, 4) is 11.5 Å². The van der Waals surface area contributed by atoms with Gasteiger partial charge >= 0.3 is 0 Å². The topological polar surface area (TPSA) is 76.7 Å². The number of anilines is 1. The number of amides is 2. The Kier molecular flexibility index (Phi) is 6.81. The van der Waals surface area contributed by atoms with Crippen LogP contribution in [0.2, 0.25) is 5.02 Å². The van der Waals surface area contributed by atoms with Crippen LogP contribution in [-0.4, -0.2) is 32.6 Å². The predicted octanol–water partition coefficient (Wildman–Crippen LogP) is 2.21. The summed E-state index contributed by atoms with van der Waals surface area (Å²) in [5.41, 5.74) is 0.425. The van der Waals surface area contributed by atoms with Gasteiger partial charge < -0.3 is 20.1 Å². The van der Waals surface area contributed by atoms with Crippen molar-refractivity contribution in [1.82, 2.24) is 5.32 Å². The average Bonchev–Trinajstić information content (AvgIpc) is 2.46. The van der Waals surface area contributed by atoms with Crippen LogP contribution >= 0.6 is 11.6 Å². The molecule has 0 aliphatic carbocycles. The van der Waals surface area contributed by atoms with Crippen molar-refractivity contribution in [1.29, 1.82) is 0 Å². The van der Waals surface area contributed by atoms with E-state index in [1.807, 2.05) is 6.92 Å². The molecule has 0 unspecified atom stereocenters. The second-order valence-electron chi connectivity index (χ2n) is 4.26. The fraction of sp³-hybridized carbons (Fsp3) is 0.429. The van der Waals surface area contributed by atoms with Crippen LogP contribution < -0.4 is 20.1 Å². The molecular formula is C14H19ClN2O4. The number of nitrogens with one attached hydrogen (secondary N) is 2. The lowest BCUT2D eigenvalue weighted by Gasteiger charge is -2.13. The third-order valence-corrected chi connectivity index (χ3v) is 2.97. The largest absolute Gasteiger partial charge is 0.495 e. The number of ether oxygens (including phenoxy) is 2. The summed E-state index contributed by atoms with van der Waals surface area (Å²) in [5.74, 6) is 0.312. The molecule has 0 saturated heterocycles. The monoisotopic (exact) mass is 314 g/mol. The minimum absolute atomic E-state index is 0.104. The van der Waals surface area contributed by atoms with E-state index in [-0.39, 0.29) is 18.4 Å². The highest BCUT2D eigenvalue weighted by Gasteiger charge is 2.13. The van der Waals surface area contributed by atoms with Gasteiger partial charge in [0, 0.05) is 18.6 Å². The van der Waals surface area contributed by atoms with Gasteiger partial charge in [-0.25, -0.2) is 0 Å². The molecule has 2 N–H and O–H groups in total. The lowest BCUT2D eigenvalue weighted by atomic mass is 10.2. The molecule has 7 heteroatoms. The Morgan fingerprint density at radius 1 is 1.14 bits per heavy atom. The summed E-state index contributed by atoms with van der Waals surface area (Å²) in [6.07, 6.45) is 1.13. The van der Waals surface area contributed by atoms with Gasteiger partial charge in [-0.15, -0.1) is 0 Å². The number of methoxy groups -OCH3 is 2. The summed E-state index contributed by atoms with van der Waals surface area (Å²) < 4.78 is 10.2. The van der Waals surface area contributed by atoms with E-state index in [1.165, 1.54) is 14.2 Å². The normalized spacial score (nSPS) is 9.90. The second-order valence-corrected chi connectivity index (χ2v) is 4.67. The Morgan fingerprint density at radius 2 is 1.81 bits per heavy atom. The van der Waals surface area contributed by atoms with Crippen molar-refractivity contribution < 1.29 is 19.1 Å². The molecule has 1 aromatic carbocycles. The predicted molar refractivity (Wildman–Crippen MR) is 81.1 cm³/mol. The van der Waals surface area contributed by atoms with Crippen molar-refractivity contribution in [3.63, 3.8) is 0 Å². The number of hydrogen-bond acceptors (Lipinski definition) is 4. The first-order valence-electron chi connectivity index (χ1n) is 6.49.